The van der Waals surface area contributed by atoms with E-state index in [0.29, 0.717) is 0 Å². The summed E-state index contributed by atoms with van der Waals surface area (Å²) in [6, 6.07) is 38.0. The van der Waals surface area contributed by atoms with Gasteiger partial charge in [-0.3, -0.25) is 19.1 Å². The van der Waals surface area contributed by atoms with E-state index in [1.165, 1.54) is 148 Å². The molecule has 0 aliphatic carbocycles. The van der Waals surface area contributed by atoms with E-state index in [-0.39, 0.29) is 225 Å². The number of carbonyl (C=O) groups excluding carboxylic acids is 3. The van der Waals surface area contributed by atoms with E-state index in [9.17, 15) is 34.8 Å². The first kappa shape index (κ1) is 92.2. The second-order valence-corrected chi connectivity index (χ2v) is 13.6. The molecule has 0 heterocycles. The maximum Gasteiger partial charge on any atom is 2.00 e. The average molecular weight is 1590 g/mol. The topological polar surface area (TPSA) is 256 Å². The van der Waals surface area contributed by atoms with Crippen molar-refractivity contribution in [1.82, 2.24) is 0 Å². The molecule has 0 bridgehead atoms. The molecule has 0 spiro atoms. The number of hydrogen-bond acceptors (Lipinski definition) is 13. The number of carbonyl (C=O) groups is 3. The van der Waals surface area contributed by atoms with Crippen molar-refractivity contribution in [3.63, 3.8) is 0 Å². The van der Waals surface area contributed by atoms with Gasteiger partial charge in [0.05, 0.1) is 0 Å². The van der Waals surface area contributed by atoms with Crippen molar-refractivity contribution in [2.24, 2.45) is 0 Å². The summed E-state index contributed by atoms with van der Waals surface area (Å²) in [5, 5.41) is 70.5. The van der Waals surface area contributed by atoms with Crippen LogP contribution in [-0.2, 0) is 126 Å². The van der Waals surface area contributed by atoms with Gasteiger partial charge >= 0.3 is 143 Å². The molecular formula is C53H45FK3O13PPd5-4. The summed E-state index contributed by atoms with van der Waals surface area (Å²) in [5.74, 6) is -0.312. The van der Waals surface area contributed by atoms with Crippen molar-refractivity contribution in [1.29, 1.82) is 0 Å². The zero-order valence-electron chi connectivity index (χ0n) is 41.1. The fraction of sp³-hybridized carbons (Fsp3) is 0. The molecule has 0 saturated carbocycles. The molecule has 2 N–H and O–H groups in total. The number of rotatable bonds is 13. The van der Waals surface area contributed by atoms with Crippen molar-refractivity contribution >= 4 is 125 Å². The Morgan fingerprint density at radius 3 is 0.671 bits per heavy atom. The standard InChI is InChI=1S/3C17H14O3.2CH3.FH.3K.HO4P.5Pd/c3*18-15-7-1-13(2-8-15)5-11-17(20)12-6-14-3-9-16(19)10-4-14;;;;;;;1-4-5(2)3;;;;;/h3*1-12,18-19H;2*1H3;1H;;;;1H;;;;;/q;;;2*-1;;;;+1;;;;;;+2/p-5/b3*11-5+,12-6+;;;;;;;;;;;;. The second-order valence-electron chi connectivity index (χ2n) is 13.0. The van der Waals surface area contributed by atoms with Gasteiger partial charge in [-0.25, -0.2) is 4.67 Å². The van der Waals surface area contributed by atoms with Gasteiger partial charge in [-0.1, -0.05) is 158 Å². The Morgan fingerprint density at radius 1 is 0.408 bits per heavy atom. The Morgan fingerprint density at radius 2 is 0.539 bits per heavy atom. The third kappa shape index (κ3) is 46.3. The molecule has 13 nitrogen and oxygen atoms in total. The molecule has 0 amide bonds. The summed E-state index contributed by atoms with van der Waals surface area (Å²) >= 11 is 2.50. The van der Waals surface area contributed by atoms with Crippen LogP contribution in [0.15, 0.2) is 182 Å². The number of hydrogen-bond donors (Lipinski definition) is 2. The van der Waals surface area contributed by atoms with Gasteiger partial charge in [-0.05, 0) is 98.7 Å². The minimum absolute atomic E-state index is 0. The smallest absolute Gasteiger partial charge is 0 e. The summed E-state index contributed by atoms with van der Waals surface area (Å²) in [6.07, 6.45) is 18.6. The summed E-state index contributed by atoms with van der Waals surface area (Å²) in [7, 11) is -3.15. The molecule has 1 unspecified atom stereocenters. The number of allylic oxidation sites excluding steroid dienone is 6. The van der Waals surface area contributed by atoms with E-state index in [4.69, 9.17) is 24.9 Å². The van der Waals surface area contributed by atoms with Crippen LogP contribution in [0.1, 0.15) is 33.4 Å². The van der Waals surface area contributed by atoms with Gasteiger partial charge in [0.25, 0.3) is 0 Å². The number of phenols is 2. The van der Waals surface area contributed by atoms with Crippen LogP contribution >= 0.6 is 8.25 Å². The molecule has 1 atom stereocenters. The van der Waals surface area contributed by atoms with Gasteiger partial charge in [0.2, 0.25) is 0 Å². The van der Waals surface area contributed by atoms with E-state index in [1.54, 1.807) is 134 Å². The molecule has 0 radical (unpaired) electrons. The van der Waals surface area contributed by atoms with Crippen LogP contribution in [0.3, 0.4) is 0 Å². The first-order chi connectivity index (χ1) is 32.2. The maximum absolute atomic E-state index is 11.7. The van der Waals surface area contributed by atoms with E-state index in [1.807, 2.05) is 0 Å². The van der Waals surface area contributed by atoms with Crippen molar-refractivity contribution in [3.8, 4) is 34.5 Å². The number of halogens is 1. The molecule has 0 fully saturated rings. The van der Waals surface area contributed by atoms with Crippen molar-refractivity contribution in [2.75, 3.05) is 0 Å². The van der Waals surface area contributed by atoms with Crippen LogP contribution in [0.25, 0.3) is 36.5 Å². The minimum atomic E-state index is -3.15. The van der Waals surface area contributed by atoms with Crippen LogP contribution < -0.4 is 82.0 Å². The number of benzene rings is 6. The first-order valence-electron chi connectivity index (χ1n) is 20.0. The van der Waals surface area contributed by atoms with Gasteiger partial charge in [0.15, 0.2) is 17.3 Å². The molecule has 6 aromatic rings. The molecule has 404 valence electrons. The Hall–Kier alpha value is -0.299. The SMILES string of the molecule is F.O=C(/C=C/c1ccc(O)cc1)/C=C/c1ccc(O)cc1.O=C(/C=C/c1ccc([O-])cc1)/C=C/c1ccc([O-])cc1.O=C(/C=C/c1ccc([O-])cc1)/C=C/c1ccc([O-])cc1.O=[P+]([O-])O[O-].[CH3-].[CH3-].[K+].[K][K].[Pd+2].[Pd].[Pd].[Pd].[Pd]. The molecular weight excluding hydrogens is 1540 g/mol. The maximum atomic E-state index is 11.7. The van der Waals surface area contributed by atoms with Crippen molar-refractivity contribution < 1.29 is 223 Å². The monoisotopic (exact) mass is 1590 g/mol. The zero-order chi connectivity index (χ0) is 49.4. The quantitative estimate of drug-likeness (QED) is 0.0421. The Kier molecular flexibility index (Phi) is 68.6. The second kappa shape index (κ2) is 56.6. The van der Waals surface area contributed by atoms with Crippen molar-refractivity contribution in [3.05, 3.63) is 230 Å². The van der Waals surface area contributed by atoms with E-state index in [0.717, 1.165) is 33.4 Å². The van der Waals surface area contributed by atoms with Gasteiger partial charge in [-0.15, -0.1) is 23.0 Å². The number of ketones is 3. The van der Waals surface area contributed by atoms with Gasteiger partial charge in [-0.2, -0.15) is 0 Å². The normalized spacial score (nSPS) is 9.68. The number of aromatic hydroxyl groups is 2. The molecule has 0 aromatic heterocycles. The molecule has 76 heavy (non-hydrogen) atoms. The van der Waals surface area contributed by atoms with E-state index >= 15 is 0 Å². The van der Waals surface area contributed by atoms with Crippen LogP contribution in [0.2, 0.25) is 0 Å². The van der Waals surface area contributed by atoms with Gasteiger partial charge < -0.3 is 55.6 Å². The fourth-order valence-electron chi connectivity index (χ4n) is 4.72. The Bertz CT molecular complexity index is 2210. The molecule has 6 rings (SSSR count). The number of phenolic OH excluding ortho intramolecular Hbond substituents is 2. The summed E-state index contributed by atoms with van der Waals surface area (Å²) in [6.45, 7) is 0. The van der Waals surface area contributed by atoms with E-state index in [2.05, 4.69) is 4.67 Å². The summed E-state index contributed by atoms with van der Waals surface area (Å²) < 4.78 is 11.3. The largest absolute Gasteiger partial charge is 2.00 e. The summed E-state index contributed by atoms with van der Waals surface area (Å²) in [5.41, 5.74) is 4.86. The molecule has 0 saturated heterocycles. The van der Waals surface area contributed by atoms with Crippen LogP contribution in [0.4, 0.5) is 4.70 Å². The first-order valence-corrected chi connectivity index (χ1v) is 37.1. The Balaban J connectivity index is -0.000000135. The average Bonchev–Trinajstić information content (AvgIpc) is 3.34. The van der Waals surface area contributed by atoms with E-state index < -0.39 is 8.25 Å². The minimum Gasteiger partial charge on any atom is 0 e. The van der Waals surface area contributed by atoms with Gasteiger partial charge in [0, 0.05) is 81.7 Å². The third-order valence-electron chi connectivity index (χ3n) is 8.01. The van der Waals surface area contributed by atoms with Crippen molar-refractivity contribution in [2.45, 2.75) is 0 Å². The zero-order valence-corrected chi connectivity index (χ0v) is 59.1. The van der Waals surface area contributed by atoms with Crippen LogP contribution in [-0.4, -0.2) is 90.7 Å². The summed E-state index contributed by atoms with van der Waals surface area (Å²) in [4.78, 5) is 43.8. The third-order valence-corrected chi connectivity index (χ3v) is 8.13. The molecule has 23 heteroatoms. The van der Waals surface area contributed by atoms with Gasteiger partial charge in [0.1, 0.15) is 11.5 Å². The Labute approximate surface area is 600 Å². The molecule has 6 aromatic carbocycles. The molecule has 0 aliphatic heterocycles. The van der Waals surface area contributed by atoms with Crippen LogP contribution in [0.5, 0.6) is 34.5 Å². The fourth-order valence-corrected chi connectivity index (χ4v) is 4.72. The molecule has 0 aliphatic rings. The van der Waals surface area contributed by atoms with Crippen LogP contribution in [0, 0.1) is 14.9 Å². The predicted molar refractivity (Wildman–Crippen MR) is 265 cm³/mol. The predicted octanol–water partition coefficient (Wildman–Crippen LogP) is 3.23.